The van der Waals surface area contributed by atoms with Crippen molar-refractivity contribution in [2.45, 2.75) is 32.7 Å². The molecule has 0 aliphatic carbocycles. The van der Waals surface area contributed by atoms with Gasteiger partial charge in [-0.05, 0) is 42.3 Å². The van der Waals surface area contributed by atoms with Crippen LogP contribution in [-0.4, -0.2) is 54.1 Å². The van der Waals surface area contributed by atoms with Crippen LogP contribution in [0.1, 0.15) is 22.6 Å². The quantitative estimate of drug-likeness (QED) is 0.466. The Balaban J connectivity index is 1.56. The van der Waals surface area contributed by atoms with E-state index in [1.165, 1.54) is 16.8 Å². The average molecular weight is 413 g/mol. The zero-order valence-corrected chi connectivity index (χ0v) is 17.9. The fraction of sp³-hybridized carbons (Fsp3) is 0.417. The molecule has 0 amide bonds. The summed E-state index contributed by atoms with van der Waals surface area (Å²) in [6.07, 6.45) is 3.14. The Bertz CT molecular complexity index is 860. The second-order valence-corrected chi connectivity index (χ2v) is 7.53. The molecule has 6 nitrogen and oxygen atoms in total. The molecule has 2 heterocycles. The maximum Gasteiger partial charge on any atom is 0.129 e. The molecule has 0 saturated heterocycles. The van der Waals surface area contributed by atoms with Gasteiger partial charge in [-0.1, -0.05) is 24.3 Å². The van der Waals surface area contributed by atoms with Gasteiger partial charge in [-0.2, -0.15) is 0 Å². The Morgan fingerprint density at radius 1 is 1.13 bits per heavy atom. The summed E-state index contributed by atoms with van der Waals surface area (Å²) in [7, 11) is 1.70. The maximum atomic E-state index is 10.5. The van der Waals surface area contributed by atoms with Gasteiger partial charge >= 0.3 is 0 Å². The zero-order valence-electron chi connectivity index (χ0n) is 17.9. The molecule has 3 rings (SSSR count). The van der Waals surface area contributed by atoms with Crippen molar-refractivity contribution in [1.82, 2.24) is 9.47 Å². The number of aromatic nitrogens is 1. The van der Waals surface area contributed by atoms with E-state index in [2.05, 4.69) is 59.0 Å². The van der Waals surface area contributed by atoms with Crippen LogP contribution in [0.15, 0.2) is 65.4 Å². The van der Waals surface area contributed by atoms with Gasteiger partial charge in [-0.25, -0.2) is 0 Å². The molecule has 0 saturated carbocycles. The number of hydrogen-bond acceptors (Lipinski definition) is 5. The topological polar surface area (TPSA) is 60.0 Å². The van der Waals surface area contributed by atoms with Crippen LogP contribution >= 0.6 is 0 Å². The van der Waals surface area contributed by atoms with E-state index in [0.29, 0.717) is 19.8 Å². The summed E-state index contributed by atoms with van der Waals surface area (Å²) in [6.45, 7) is 6.19. The van der Waals surface area contributed by atoms with Gasteiger partial charge in [-0.15, -0.1) is 0 Å². The second-order valence-electron chi connectivity index (χ2n) is 7.53. The number of aryl methyl sites for hydroxylation is 1. The molecule has 2 aromatic heterocycles. The van der Waals surface area contributed by atoms with E-state index in [-0.39, 0.29) is 6.61 Å². The molecule has 0 aliphatic rings. The molecule has 30 heavy (non-hydrogen) atoms. The van der Waals surface area contributed by atoms with Crippen LogP contribution in [0.5, 0.6) is 0 Å². The molecular weight excluding hydrogens is 380 g/mol. The average Bonchev–Trinajstić information content (AvgIpc) is 3.40. The lowest BCUT2D eigenvalue weighted by atomic mass is 10.1. The van der Waals surface area contributed by atoms with Gasteiger partial charge in [-0.3, -0.25) is 4.90 Å². The SMILES string of the molecule is COCCN(Cc1cccn1Cc1ccccc1C)C[C@H](O)COCc1ccco1. The van der Waals surface area contributed by atoms with E-state index in [9.17, 15) is 5.11 Å². The fourth-order valence-electron chi connectivity index (χ4n) is 3.44. The van der Waals surface area contributed by atoms with Gasteiger partial charge in [0.1, 0.15) is 12.4 Å². The van der Waals surface area contributed by atoms with E-state index < -0.39 is 6.10 Å². The first kappa shape index (κ1) is 22.3. The summed E-state index contributed by atoms with van der Waals surface area (Å²) in [5, 5.41) is 10.5. The summed E-state index contributed by atoms with van der Waals surface area (Å²) in [4.78, 5) is 2.20. The number of benzene rings is 1. The van der Waals surface area contributed by atoms with Crippen LogP contribution in [0.3, 0.4) is 0 Å². The van der Waals surface area contributed by atoms with Crippen molar-refractivity contribution in [1.29, 1.82) is 0 Å². The Kier molecular flexibility index (Phi) is 8.71. The first-order chi connectivity index (χ1) is 14.7. The van der Waals surface area contributed by atoms with Crippen LogP contribution in [-0.2, 0) is 29.2 Å². The Morgan fingerprint density at radius 2 is 2.00 bits per heavy atom. The fourth-order valence-corrected chi connectivity index (χ4v) is 3.44. The summed E-state index contributed by atoms with van der Waals surface area (Å²) >= 11 is 0. The molecule has 0 aliphatic heterocycles. The third-order valence-electron chi connectivity index (χ3n) is 5.13. The van der Waals surface area contributed by atoms with Crippen molar-refractivity contribution >= 4 is 0 Å². The van der Waals surface area contributed by atoms with Crippen LogP contribution in [0.2, 0.25) is 0 Å². The highest BCUT2D eigenvalue weighted by Gasteiger charge is 2.15. The van der Waals surface area contributed by atoms with Gasteiger partial charge in [0.2, 0.25) is 0 Å². The van der Waals surface area contributed by atoms with E-state index >= 15 is 0 Å². The predicted molar refractivity (Wildman–Crippen MR) is 116 cm³/mol. The molecule has 1 N–H and O–H groups in total. The molecule has 1 atom stereocenters. The second kappa shape index (κ2) is 11.7. The lowest BCUT2D eigenvalue weighted by Crippen LogP contribution is -2.37. The third-order valence-corrected chi connectivity index (χ3v) is 5.13. The summed E-state index contributed by atoms with van der Waals surface area (Å²) in [5.74, 6) is 0.757. The number of hydrogen-bond donors (Lipinski definition) is 1. The predicted octanol–water partition coefficient (Wildman–Crippen LogP) is 3.46. The van der Waals surface area contributed by atoms with Crippen molar-refractivity contribution < 1.29 is 19.0 Å². The maximum absolute atomic E-state index is 10.5. The highest BCUT2D eigenvalue weighted by atomic mass is 16.5. The normalized spacial score (nSPS) is 12.5. The minimum absolute atomic E-state index is 0.258. The van der Waals surface area contributed by atoms with Gasteiger partial charge in [0.05, 0.1) is 25.6 Å². The Hall–Kier alpha value is -2.38. The Morgan fingerprint density at radius 3 is 2.77 bits per heavy atom. The first-order valence-electron chi connectivity index (χ1n) is 10.3. The van der Waals surface area contributed by atoms with Crippen LogP contribution in [0.4, 0.5) is 0 Å². The summed E-state index contributed by atoms with van der Waals surface area (Å²) in [5.41, 5.74) is 3.81. The summed E-state index contributed by atoms with van der Waals surface area (Å²) in [6, 6.07) is 16.4. The van der Waals surface area contributed by atoms with Gasteiger partial charge in [0.15, 0.2) is 0 Å². The van der Waals surface area contributed by atoms with Crippen LogP contribution in [0.25, 0.3) is 0 Å². The number of aliphatic hydroxyl groups is 1. The van der Waals surface area contributed by atoms with Gasteiger partial charge < -0.3 is 23.6 Å². The van der Waals surface area contributed by atoms with Crippen molar-refractivity contribution in [2.24, 2.45) is 0 Å². The number of ether oxygens (including phenoxy) is 2. The van der Waals surface area contributed by atoms with Gasteiger partial charge in [0.25, 0.3) is 0 Å². The minimum atomic E-state index is -0.586. The number of methoxy groups -OCH3 is 1. The molecule has 0 bridgehead atoms. The zero-order chi connectivity index (χ0) is 21.2. The smallest absolute Gasteiger partial charge is 0.129 e. The van der Waals surface area contributed by atoms with E-state index in [1.54, 1.807) is 13.4 Å². The van der Waals surface area contributed by atoms with E-state index in [1.807, 2.05) is 12.1 Å². The lowest BCUT2D eigenvalue weighted by molar-refractivity contribution is 0.000155. The lowest BCUT2D eigenvalue weighted by Gasteiger charge is -2.25. The highest BCUT2D eigenvalue weighted by Crippen LogP contribution is 2.14. The number of rotatable bonds is 13. The van der Waals surface area contributed by atoms with Crippen molar-refractivity contribution in [3.8, 4) is 0 Å². The molecule has 1 aromatic carbocycles. The van der Waals surface area contributed by atoms with E-state index in [0.717, 1.165) is 25.4 Å². The van der Waals surface area contributed by atoms with Crippen LogP contribution in [0, 0.1) is 6.92 Å². The standard InChI is InChI=1S/C24H32N2O4/c1-20-7-3-4-8-21(20)15-26-11-5-9-22(26)16-25(12-14-28-2)17-23(27)18-29-19-24-10-6-13-30-24/h3-11,13,23,27H,12,14-19H2,1-2H3/t23-/m0/s1. The molecule has 3 aromatic rings. The van der Waals surface area contributed by atoms with Crippen molar-refractivity contribution in [2.75, 3.05) is 33.4 Å². The van der Waals surface area contributed by atoms with Gasteiger partial charge in [0, 0.05) is 45.2 Å². The number of aliphatic hydroxyl groups excluding tert-OH is 1. The van der Waals surface area contributed by atoms with Crippen molar-refractivity contribution in [3.05, 3.63) is 83.6 Å². The summed E-state index contributed by atoms with van der Waals surface area (Å²) < 4.78 is 18.4. The largest absolute Gasteiger partial charge is 0.467 e. The molecular formula is C24H32N2O4. The molecule has 0 radical (unpaired) electrons. The molecule has 0 spiro atoms. The minimum Gasteiger partial charge on any atom is -0.467 e. The van der Waals surface area contributed by atoms with Crippen LogP contribution < -0.4 is 0 Å². The van der Waals surface area contributed by atoms with Crippen molar-refractivity contribution in [3.63, 3.8) is 0 Å². The van der Waals surface area contributed by atoms with E-state index in [4.69, 9.17) is 13.9 Å². The monoisotopic (exact) mass is 412 g/mol. The molecule has 162 valence electrons. The Labute approximate surface area is 178 Å². The highest BCUT2D eigenvalue weighted by molar-refractivity contribution is 5.26. The molecule has 6 heteroatoms. The first-order valence-corrected chi connectivity index (χ1v) is 10.3. The third kappa shape index (κ3) is 6.85. The number of nitrogens with zero attached hydrogens (tertiary/aromatic N) is 2. The number of furan rings is 1. The molecule has 0 fully saturated rings. The molecule has 0 unspecified atom stereocenters.